The van der Waals surface area contributed by atoms with Gasteiger partial charge in [0.05, 0.1) is 0 Å². The summed E-state index contributed by atoms with van der Waals surface area (Å²) in [5, 5.41) is 3.47. The van der Waals surface area contributed by atoms with Crippen molar-refractivity contribution in [3.63, 3.8) is 0 Å². The number of hydrogen-bond acceptors (Lipinski definition) is 2. The topological polar surface area (TPSA) is 32.3 Å². The third-order valence-corrected chi connectivity index (χ3v) is 5.20. The summed E-state index contributed by atoms with van der Waals surface area (Å²) < 4.78 is 0. The molecule has 4 heteroatoms. The van der Waals surface area contributed by atoms with Gasteiger partial charge in [-0.05, 0) is 57.4 Å². The lowest BCUT2D eigenvalue weighted by atomic mass is 9.84. The SMILES string of the molecule is CCC1CCC(N(C)C(=O)CCC2CCCN2)CC1.Cl. The number of halogens is 1. The number of nitrogens with zero attached hydrogens (tertiary/aromatic N) is 1. The summed E-state index contributed by atoms with van der Waals surface area (Å²) in [4.78, 5) is 14.3. The Balaban J connectivity index is 0.00000200. The minimum absolute atomic E-state index is 0. The molecule has 3 nitrogen and oxygen atoms in total. The van der Waals surface area contributed by atoms with Gasteiger partial charge in [-0.15, -0.1) is 12.4 Å². The van der Waals surface area contributed by atoms with Crippen LogP contribution in [0.2, 0.25) is 0 Å². The molecule has 2 aliphatic rings. The highest BCUT2D eigenvalue weighted by Crippen LogP contribution is 2.29. The van der Waals surface area contributed by atoms with Crippen LogP contribution in [0.1, 0.15) is 64.7 Å². The molecule has 0 aromatic rings. The first-order valence-electron chi connectivity index (χ1n) is 8.19. The molecule has 1 heterocycles. The Kier molecular flexibility index (Phi) is 7.90. The van der Waals surface area contributed by atoms with Crippen LogP contribution in [0, 0.1) is 5.92 Å². The van der Waals surface area contributed by atoms with E-state index in [-0.39, 0.29) is 12.4 Å². The Hall–Kier alpha value is -0.280. The summed E-state index contributed by atoms with van der Waals surface area (Å²) in [6.07, 6.45) is 10.6. The van der Waals surface area contributed by atoms with Crippen molar-refractivity contribution in [1.29, 1.82) is 0 Å². The molecule has 1 saturated carbocycles. The molecule has 1 saturated heterocycles. The highest BCUT2D eigenvalue weighted by molar-refractivity contribution is 5.85. The summed E-state index contributed by atoms with van der Waals surface area (Å²) in [6, 6.07) is 1.10. The molecule has 0 bridgehead atoms. The molecule has 2 fully saturated rings. The van der Waals surface area contributed by atoms with E-state index in [0.717, 1.165) is 25.3 Å². The summed E-state index contributed by atoms with van der Waals surface area (Å²) in [7, 11) is 2.02. The molecule has 1 amide bonds. The van der Waals surface area contributed by atoms with Crippen molar-refractivity contribution >= 4 is 18.3 Å². The van der Waals surface area contributed by atoms with E-state index in [1.54, 1.807) is 0 Å². The Bertz CT molecular complexity index is 284. The third-order valence-electron chi connectivity index (χ3n) is 5.20. The van der Waals surface area contributed by atoms with E-state index >= 15 is 0 Å². The molecule has 0 aromatic heterocycles. The van der Waals surface area contributed by atoms with Crippen LogP contribution in [0.25, 0.3) is 0 Å². The summed E-state index contributed by atoms with van der Waals surface area (Å²) in [5.74, 6) is 1.26. The van der Waals surface area contributed by atoms with Gasteiger partial charge in [-0.1, -0.05) is 13.3 Å². The molecule has 1 unspecified atom stereocenters. The van der Waals surface area contributed by atoms with Gasteiger partial charge in [0, 0.05) is 25.6 Å². The van der Waals surface area contributed by atoms with Crippen molar-refractivity contribution in [2.45, 2.75) is 76.8 Å². The first kappa shape index (κ1) is 17.8. The van der Waals surface area contributed by atoms with Gasteiger partial charge in [0.15, 0.2) is 0 Å². The van der Waals surface area contributed by atoms with Gasteiger partial charge in [0.2, 0.25) is 5.91 Å². The van der Waals surface area contributed by atoms with Gasteiger partial charge >= 0.3 is 0 Å². The van der Waals surface area contributed by atoms with Crippen molar-refractivity contribution in [3.8, 4) is 0 Å². The third kappa shape index (κ3) is 4.92. The van der Waals surface area contributed by atoms with Crippen LogP contribution in [0.5, 0.6) is 0 Å². The largest absolute Gasteiger partial charge is 0.343 e. The number of carbonyl (C=O) groups excluding carboxylic acids is 1. The summed E-state index contributed by atoms with van der Waals surface area (Å²) in [6.45, 7) is 3.42. The van der Waals surface area contributed by atoms with Gasteiger partial charge < -0.3 is 10.2 Å². The molecule has 0 radical (unpaired) electrons. The first-order valence-corrected chi connectivity index (χ1v) is 8.19. The fraction of sp³-hybridized carbons (Fsp3) is 0.938. The lowest BCUT2D eigenvalue weighted by Crippen LogP contribution is -2.40. The molecule has 2 rings (SSSR count). The minimum atomic E-state index is 0. The predicted molar refractivity (Wildman–Crippen MR) is 86.3 cm³/mol. The zero-order valence-corrected chi connectivity index (χ0v) is 13.9. The average Bonchev–Trinajstić information content (AvgIpc) is 2.97. The maximum Gasteiger partial charge on any atom is 0.222 e. The molecule has 1 aliphatic carbocycles. The molecular formula is C16H31ClN2O. The van der Waals surface area contributed by atoms with Crippen LogP contribution in [-0.2, 0) is 4.79 Å². The van der Waals surface area contributed by atoms with Gasteiger partial charge in [0.1, 0.15) is 0 Å². The van der Waals surface area contributed by atoms with Crippen molar-refractivity contribution < 1.29 is 4.79 Å². The lowest BCUT2D eigenvalue weighted by Gasteiger charge is -2.34. The normalized spacial score (nSPS) is 29.8. The Labute approximate surface area is 130 Å². The van der Waals surface area contributed by atoms with E-state index < -0.39 is 0 Å². The van der Waals surface area contributed by atoms with Crippen molar-refractivity contribution in [3.05, 3.63) is 0 Å². The Morgan fingerprint density at radius 1 is 1.20 bits per heavy atom. The number of hydrogen-bond donors (Lipinski definition) is 1. The van der Waals surface area contributed by atoms with Crippen molar-refractivity contribution in [1.82, 2.24) is 10.2 Å². The Morgan fingerprint density at radius 2 is 1.90 bits per heavy atom. The first-order chi connectivity index (χ1) is 9.20. The van der Waals surface area contributed by atoms with Crippen LogP contribution in [-0.4, -0.2) is 36.5 Å². The summed E-state index contributed by atoms with van der Waals surface area (Å²) in [5.41, 5.74) is 0. The smallest absolute Gasteiger partial charge is 0.222 e. The van der Waals surface area contributed by atoms with E-state index in [0.29, 0.717) is 18.0 Å². The highest BCUT2D eigenvalue weighted by atomic mass is 35.5. The van der Waals surface area contributed by atoms with Gasteiger partial charge in [-0.25, -0.2) is 0 Å². The molecule has 0 spiro atoms. The Morgan fingerprint density at radius 3 is 2.45 bits per heavy atom. The average molecular weight is 303 g/mol. The van der Waals surface area contributed by atoms with Crippen LogP contribution in [0.4, 0.5) is 0 Å². The second-order valence-corrected chi connectivity index (χ2v) is 6.42. The maximum atomic E-state index is 12.2. The monoisotopic (exact) mass is 302 g/mol. The van der Waals surface area contributed by atoms with Crippen LogP contribution in [0.3, 0.4) is 0 Å². The molecule has 1 aliphatic heterocycles. The fourth-order valence-corrected chi connectivity index (χ4v) is 3.62. The molecule has 1 atom stereocenters. The van der Waals surface area contributed by atoms with Gasteiger partial charge in [-0.3, -0.25) is 4.79 Å². The maximum absolute atomic E-state index is 12.2. The van der Waals surface area contributed by atoms with E-state index in [1.165, 1.54) is 44.9 Å². The predicted octanol–water partition coefficient (Wildman–Crippen LogP) is 3.37. The zero-order chi connectivity index (χ0) is 13.7. The minimum Gasteiger partial charge on any atom is -0.343 e. The number of carbonyl (C=O) groups is 1. The van der Waals surface area contributed by atoms with Gasteiger partial charge in [0.25, 0.3) is 0 Å². The number of amides is 1. The molecule has 0 aromatic carbocycles. The van der Waals surface area contributed by atoms with E-state index in [2.05, 4.69) is 12.2 Å². The lowest BCUT2D eigenvalue weighted by molar-refractivity contribution is -0.132. The molecule has 1 N–H and O–H groups in total. The van der Waals surface area contributed by atoms with Gasteiger partial charge in [-0.2, -0.15) is 0 Å². The number of rotatable bonds is 5. The van der Waals surface area contributed by atoms with Crippen LogP contribution >= 0.6 is 12.4 Å². The number of nitrogens with one attached hydrogen (secondary N) is 1. The van der Waals surface area contributed by atoms with E-state index in [4.69, 9.17) is 0 Å². The van der Waals surface area contributed by atoms with Crippen molar-refractivity contribution in [2.24, 2.45) is 5.92 Å². The standard InChI is InChI=1S/C16H30N2O.ClH/c1-3-13-6-9-15(10-7-13)18(2)16(19)11-8-14-5-4-12-17-14;/h13-15,17H,3-12H2,1-2H3;1H. The molecular weight excluding hydrogens is 272 g/mol. The second kappa shape index (κ2) is 8.89. The fourth-order valence-electron chi connectivity index (χ4n) is 3.62. The second-order valence-electron chi connectivity index (χ2n) is 6.42. The zero-order valence-electron chi connectivity index (χ0n) is 13.1. The van der Waals surface area contributed by atoms with Crippen LogP contribution < -0.4 is 5.32 Å². The van der Waals surface area contributed by atoms with Crippen molar-refractivity contribution in [2.75, 3.05) is 13.6 Å². The summed E-state index contributed by atoms with van der Waals surface area (Å²) >= 11 is 0. The molecule has 20 heavy (non-hydrogen) atoms. The van der Waals surface area contributed by atoms with Crippen LogP contribution in [0.15, 0.2) is 0 Å². The van der Waals surface area contributed by atoms with E-state index in [1.807, 2.05) is 11.9 Å². The highest BCUT2D eigenvalue weighted by Gasteiger charge is 2.26. The molecule has 118 valence electrons. The van der Waals surface area contributed by atoms with E-state index in [9.17, 15) is 4.79 Å². The quantitative estimate of drug-likeness (QED) is 0.844.